The molecule has 0 saturated carbocycles. The molecule has 0 radical (unpaired) electrons. The SMILES string of the molecule is CCc1cccc2c([S+](C)C)ccc(O)c12.O=S(=O)([O-])C(F)(F)F. The van der Waals surface area contributed by atoms with Crippen molar-refractivity contribution in [2.24, 2.45) is 0 Å². The second-order valence-electron chi connectivity index (χ2n) is 4.99. The summed E-state index contributed by atoms with van der Waals surface area (Å²) in [6, 6.07) is 10.1. The molecule has 0 aliphatic heterocycles. The van der Waals surface area contributed by atoms with Gasteiger partial charge in [0.1, 0.15) is 18.3 Å². The van der Waals surface area contributed by atoms with Crippen LogP contribution in [0.3, 0.4) is 0 Å². The van der Waals surface area contributed by atoms with E-state index in [1.807, 2.05) is 12.1 Å². The number of benzene rings is 2. The standard InChI is InChI=1S/C14H16OS.CHF3O3S/c1-4-10-6-5-7-11-13(16(2)3)9-8-12(15)14(10)11;2-1(3,4)8(5,6)7/h5-9H,4H2,1-3H3;(H,5,6,7). The Morgan fingerprint density at radius 2 is 1.71 bits per heavy atom. The van der Waals surface area contributed by atoms with Gasteiger partial charge in [0, 0.05) is 21.7 Å². The summed E-state index contributed by atoms with van der Waals surface area (Å²) < 4.78 is 58.9. The summed E-state index contributed by atoms with van der Waals surface area (Å²) in [4.78, 5) is 1.34. The van der Waals surface area contributed by atoms with Crippen LogP contribution in [0, 0.1) is 0 Å². The van der Waals surface area contributed by atoms with Gasteiger partial charge in [0.15, 0.2) is 15.0 Å². The van der Waals surface area contributed by atoms with Crippen molar-refractivity contribution in [3.8, 4) is 5.75 Å². The lowest BCUT2D eigenvalue weighted by Gasteiger charge is -2.08. The molecule has 2 rings (SSSR count). The number of hydrogen-bond acceptors (Lipinski definition) is 4. The monoisotopic (exact) mass is 382 g/mol. The Kier molecular flexibility index (Phi) is 6.54. The quantitative estimate of drug-likeness (QED) is 0.491. The van der Waals surface area contributed by atoms with Crippen molar-refractivity contribution >= 4 is 31.8 Å². The van der Waals surface area contributed by atoms with Gasteiger partial charge in [0.2, 0.25) is 0 Å². The summed E-state index contributed by atoms with van der Waals surface area (Å²) in [5, 5.41) is 12.2. The molecule has 24 heavy (non-hydrogen) atoms. The van der Waals surface area contributed by atoms with Crippen LogP contribution >= 0.6 is 0 Å². The summed E-state index contributed by atoms with van der Waals surface area (Å²) in [5.41, 5.74) is -4.42. The van der Waals surface area contributed by atoms with Crippen LogP contribution in [0.4, 0.5) is 13.2 Å². The van der Waals surface area contributed by atoms with Crippen LogP contribution in [0.25, 0.3) is 10.8 Å². The van der Waals surface area contributed by atoms with Crippen molar-refractivity contribution < 1.29 is 31.2 Å². The lowest BCUT2D eigenvalue weighted by molar-refractivity contribution is -0.0517. The van der Waals surface area contributed by atoms with Gasteiger partial charge in [-0.1, -0.05) is 19.1 Å². The number of hydrogen-bond donors (Lipinski definition) is 1. The molecule has 2 aromatic carbocycles. The van der Waals surface area contributed by atoms with E-state index < -0.39 is 15.6 Å². The Labute approximate surface area is 141 Å². The number of aryl methyl sites for hydroxylation is 1. The summed E-state index contributed by atoms with van der Waals surface area (Å²) >= 11 is 0. The van der Waals surface area contributed by atoms with Gasteiger partial charge in [0.05, 0.1) is 0 Å². The third kappa shape index (κ3) is 4.78. The molecule has 0 fully saturated rings. The molecule has 2 aromatic rings. The van der Waals surface area contributed by atoms with Gasteiger partial charge in [-0.05, 0) is 30.2 Å². The van der Waals surface area contributed by atoms with Gasteiger partial charge in [-0.15, -0.1) is 0 Å². The van der Waals surface area contributed by atoms with Crippen molar-refractivity contribution in [1.29, 1.82) is 0 Å². The van der Waals surface area contributed by atoms with Crippen LogP contribution in [-0.2, 0) is 27.4 Å². The first kappa shape index (κ1) is 20.6. The van der Waals surface area contributed by atoms with Crippen LogP contribution in [-0.4, -0.2) is 36.1 Å². The van der Waals surface area contributed by atoms with Gasteiger partial charge < -0.3 is 9.66 Å². The van der Waals surface area contributed by atoms with E-state index in [9.17, 15) is 18.3 Å². The van der Waals surface area contributed by atoms with Gasteiger partial charge >= 0.3 is 5.51 Å². The highest BCUT2D eigenvalue weighted by molar-refractivity contribution is 7.95. The molecule has 0 heterocycles. The molecular formula is C15H17F3O4S2. The molecule has 0 amide bonds. The molecule has 0 aliphatic carbocycles. The van der Waals surface area contributed by atoms with Gasteiger partial charge in [-0.2, -0.15) is 13.2 Å². The molecule has 0 spiro atoms. The van der Waals surface area contributed by atoms with Crippen molar-refractivity contribution in [2.75, 3.05) is 12.5 Å². The number of halogens is 3. The Balaban J connectivity index is 0.000000307. The number of fused-ring (bicyclic) bond motifs is 1. The van der Waals surface area contributed by atoms with Gasteiger partial charge in [-0.3, -0.25) is 0 Å². The van der Waals surface area contributed by atoms with E-state index in [4.69, 9.17) is 13.0 Å². The predicted molar refractivity (Wildman–Crippen MR) is 88.2 cm³/mol. The number of aromatic hydroxyl groups is 1. The van der Waals surface area contributed by atoms with E-state index in [0.29, 0.717) is 5.75 Å². The lowest BCUT2D eigenvalue weighted by Crippen LogP contribution is -2.21. The molecule has 134 valence electrons. The minimum Gasteiger partial charge on any atom is -0.741 e. The Bertz CT molecular complexity index is 815. The molecule has 4 nitrogen and oxygen atoms in total. The topological polar surface area (TPSA) is 77.4 Å². The summed E-state index contributed by atoms with van der Waals surface area (Å²) in [6.07, 6.45) is 5.38. The molecule has 0 bridgehead atoms. The zero-order chi connectivity index (χ0) is 18.7. The zero-order valence-electron chi connectivity index (χ0n) is 13.2. The average molecular weight is 382 g/mol. The Morgan fingerprint density at radius 1 is 1.17 bits per heavy atom. The number of phenols is 1. The summed E-state index contributed by atoms with van der Waals surface area (Å²) in [5.74, 6) is 0.404. The molecule has 1 N–H and O–H groups in total. The largest absolute Gasteiger partial charge is 0.741 e. The van der Waals surface area contributed by atoms with E-state index in [2.05, 4.69) is 37.6 Å². The van der Waals surface area contributed by atoms with Crippen LogP contribution in [0.5, 0.6) is 5.75 Å². The average Bonchev–Trinajstić information content (AvgIpc) is 2.45. The second-order valence-corrected chi connectivity index (χ2v) is 8.44. The first-order valence-electron chi connectivity index (χ1n) is 6.73. The highest BCUT2D eigenvalue weighted by Crippen LogP contribution is 2.33. The normalized spacial score (nSPS) is 12.2. The molecule has 0 aliphatic rings. The van der Waals surface area contributed by atoms with Crippen molar-refractivity contribution in [3.05, 3.63) is 35.9 Å². The third-order valence-corrected chi connectivity index (χ3v) is 4.97. The molecule has 9 heteroatoms. The van der Waals surface area contributed by atoms with Crippen molar-refractivity contribution in [1.82, 2.24) is 0 Å². The molecular weight excluding hydrogens is 365 g/mol. The Hall–Kier alpha value is -1.45. The summed E-state index contributed by atoms with van der Waals surface area (Å²) in [6.45, 7) is 2.12. The first-order chi connectivity index (χ1) is 10.9. The fraction of sp³-hybridized carbons (Fsp3) is 0.333. The van der Waals surface area contributed by atoms with Gasteiger partial charge in [0.25, 0.3) is 0 Å². The molecule has 0 atom stereocenters. The minimum absolute atomic E-state index is 0.217. The van der Waals surface area contributed by atoms with E-state index in [-0.39, 0.29) is 10.9 Å². The highest BCUT2D eigenvalue weighted by atomic mass is 32.2. The maximum Gasteiger partial charge on any atom is 0.485 e. The molecule has 0 aromatic heterocycles. The van der Waals surface area contributed by atoms with Crippen LogP contribution < -0.4 is 0 Å². The Morgan fingerprint density at radius 3 is 2.12 bits per heavy atom. The van der Waals surface area contributed by atoms with E-state index >= 15 is 0 Å². The van der Waals surface area contributed by atoms with Crippen LogP contribution in [0.2, 0.25) is 0 Å². The zero-order valence-corrected chi connectivity index (χ0v) is 14.8. The second kappa shape index (κ2) is 7.62. The minimum atomic E-state index is -6.09. The maximum absolute atomic E-state index is 10.7. The van der Waals surface area contributed by atoms with Gasteiger partial charge in [-0.25, -0.2) is 8.42 Å². The van der Waals surface area contributed by atoms with Crippen molar-refractivity contribution in [2.45, 2.75) is 23.7 Å². The lowest BCUT2D eigenvalue weighted by atomic mass is 10.0. The molecule has 0 saturated heterocycles. The van der Waals surface area contributed by atoms with Crippen molar-refractivity contribution in [3.63, 3.8) is 0 Å². The fourth-order valence-corrected chi connectivity index (χ4v) is 3.04. The van der Waals surface area contributed by atoms with E-state index in [1.54, 1.807) is 0 Å². The molecule has 0 unspecified atom stereocenters. The third-order valence-electron chi connectivity index (χ3n) is 3.17. The van der Waals surface area contributed by atoms with Crippen LogP contribution in [0.1, 0.15) is 12.5 Å². The first-order valence-corrected chi connectivity index (χ1v) is 10.2. The predicted octanol–water partition coefficient (Wildman–Crippen LogP) is 3.40. The smallest absolute Gasteiger partial charge is 0.485 e. The van der Waals surface area contributed by atoms with Crippen LogP contribution in [0.15, 0.2) is 35.2 Å². The fourth-order valence-electron chi connectivity index (χ4n) is 2.09. The number of rotatable bonds is 2. The number of alkyl halides is 3. The van der Waals surface area contributed by atoms with E-state index in [0.717, 1.165) is 11.8 Å². The van der Waals surface area contributed by atoms with E-state index in [1.165, 1.54) is 15.8 Å². The summed E-state index contributed by atoms with van der Waals surface area (Å²) in [7, 11) is -5.87. The highest BCUT2D eigenvalue weighted by Gasteiger charge is 2.36. The maximum atomic E-state index is 10.7. The number of phenolic OH excluding ortho intramolecular Hbond substituents is 1.